The van der Waals surface area contributed by atoms with E-state index in [1.165, 1.54) is 0 Å². The molecule has 4 heteroatoms. The fourth-order valence-electron chi connectivity index (χ4n) is 2.20. The van der Waals surface area contributed by atoms with Crippen LogP contribution in [0.25, 0.3) is 0 Å². The molecule has 0 radical (unpaired) electrons. The minimum Gasteiger partial charge on any atom is -0.396 e. The summed E-state index contributed by atoms with van der Waals surface area (Å²) in [5.41, 5.74) is -0.0500. The second kappa shape index (κ2) is 6.36. The average Bonchev–Trinajstić information content (AvgIpc) is 2.74. The second-order valence-electron chi connectivity index (χ2n) is 5.57. The number of carbonyl (C=O) groups excluding carboxylic acids is 1. The van der Waals surface area contributed by atoms with Gasteiger partial charge in [-0.15, -0.1) is 0 Å². The van der Waals surface area contributed by atoms with Gasteiger partial charge in [-0.2, -0.15) is 0 Å². The Morgan fingerprint density at radius 1 is 1.53 bits per heavy atom. The molecule has 1 aliphatic heterocycles. The molecule has 1 amide bonds. The molecule has 2 N–H and O–H groups in total. The molecule has 1 heterocycles. The number of carbonyl (C=O) groups is 1. The predicted octanol–water partition coefficient (Wildman–Crippen LogP) is 1.33. The highest BCUT2D eigenvalue weighted by Gasteiger charge is 2.33. The van der Waals surface area contributed by atoms with E-state index in [4.69, 9.17) is 9.84 Å². The van der Waals surface area contributed by atoms with Crippen LogP contribution < -0.4 is 5.32 Å². The van der Waals surface area contributed by atoms with Crippen LogP contribution in [0, 0.1) is 11.3 Å². The molecule has 100 valence electrons. The fraction of sp³-hybridized carbons (Fsp3) is 0.923. The number of amides is 1. The molecule has 0 aliphatic carbocycles. The Kier molecular flexibility index (Phi) is 5.40. The topological polar surface area (TPSA) is 58.6 Å². The van der Waals surface area contributed by atoms with Crippen molar-refractivity contribution in [1.29, 1.82) is 0 Å². The molecule has 0 aromatic carbocycles. The number of aliphatic hydroxyl groups excluding tert-OH is 1. The minimum atomic E-state index is -0.0500. The van der Waals surface area contributed by atoms with Gasteiger partial charge in [0, 0.05) is 19.8 Å². The molecule has 1 rings (SSSR count). The van der Waals surface area contributed by atoms with E-state index in [0.717, 1.165) is 12.8 Å². The first-order valence-corrected chi connectivity index (χ1v) is 6.50. The summed E-state index contributed by atoms with van der Waals surface area (Å²) < 4.78 is 5.51. The summed E-state index contributed by atoms with van der Waals surface area (Å²) in [5, 5.41) is 11.9. The van der Waals surface area contributed by atoms with E-state index >= 15 is 0 Å². The smallest absolute Gasteiger partial charge is 0.225 e. The van der Waals surface area contributed by atoms with E-state index < -0.39 is 0 Å². The molecule has 0 aromatic rings. The molecule has 2 atom stereocenters. The lowest BCUT2D eigenvalue weighted by molar-refractivity contribution is -0.127. The standard InChI is InChI=1S/C13H25NO3/c1-4-11-10(5-8-17-11)12(16)14-9-13(2,3)6-7-15/h10-11,15H,4-9H2,1-3H3,(H,14,16). The second-order valence-corrected chi connectivity index (χ2v) is 5.57. The normalized spacial score (nSPS) is 24.9. The van der Waals surface area contributed by atoms with Crippen LogP contribution in [-0.4, -0.2) is 36.9 Å². The summed E-state index contributed by atoms with van der Waals surface area (Å²) >= 11 is 0. The molecule has 1 saturated heterocycles. The predicted molar refractivity (Wildman–Crippen MR) is 66.6 cm³/mol. The first-order chi connectivity index (χ1) is 8.00. The van der Waals surface area contributed by atoms with E-state index in [0.29, 0.717) is 19.6 Å². The van der Waals surface area contributed by atoms with Crippen molar-refractivity contribution >= 4 is 5.91 Å². The monoisotopic (exact) mass is 243 g/mol. The lowest BCUT2D eigenvalue weighted by Crippen LogP contribution is -2.40. The van der Waals surface area contributed by atoms with Gasteiger partial charge in [0.15, 0.2) is 0 Å². The lowest BCUT2D eigenvalue weighted by Gasteiger charge is -2.25. The average molecular weight is 243 g/mol. The van der Waals surface area contributed by atoms with Gasteiger partial charge in [-0.25, -0.2) is 0 Å². The Morgan fingerprint density at radius 2 is 2.24 bits per heavy atom. The third kappa shape index (κ3) is 4.28. The third-order valence-corrected chi connectivity index (χ3v) is 3.48. The molecule has 0 bridgehead atoms. The molecule has 2 unspecified atom stereocenters. The first-order valence-electron chi connectivity index (χ1n) is 6.50. The summed E-state index contributed by atoms with van der Waals surface area (Å²) in [4.78, 5) is 12.0. The Hall–Kier alpha value is -0.610. The van der Waals surface area contributed by atoms with Crippen molar-refractivity contribution in [2.75, 3.05) is 19.8 Å². The highest BCUT2D eigenvalue weighted by molar-refractivity contribution is 5.79. The molecule has 1 fully saturated rings. The molecular weight excluding hydrogens is 218 g/mol. The van der Waals surface area contributed by atoms with Gasteiger partial charge < -0.3 is 15.2 Å². The SMILES string of the molecule is CCC1OCCC1C(=O)NCC(C)(C)CCO. The maximum Gasteiger partial charge on any atom is 0.225 e. The van der Waals surface area contributed by atoms with Crippen LogP contribution in [0.5, 0.6) is 0 Å². The lowest BCUT2D eigenvalue weighted by atomic mass is 9.89. The van der Waals surface area contributed by atoms with Crippen molar-refractivity contribution in [3.8, 4) is 0 Å². The van der Waals surface area contributed by atoms with E-state index in [1.807, 2.05) is 20.8 Å². The van der Waals surface area contributed by atoms with Crippen molar-refractivity contribution in [1.82, 2.24) is 5.32 Å². The summed E-state index contributed by atoms with van der Waals surface area (Å²) in [6.07, 6.45) is 2.49. The van der Waals surface area contributed by atoms with E-state index in [-0.39, 0.29) is 30.0 Å². The van der Waals surface area contributed by atoms with Gasteiger partial charge >= 0.3 is 0 Å². The number of ether oxygens (including phenoxy) is 1. The van der Waals surface area contributed by atoms with Gasteiger partial charge in [0.05, 0.1) is 12.0 Å². The molecule has 17 heavy (non-hydrogen) atoms. The quantitative estimate of drug-likeness (QED) is 0.740. The van der Waals surface area contributed by atoms with Gasteiger partial charge in [0.25, 0.3) is 0 Å². The van der Waals surface area contributed by atoms with Crippen LogP contribution in [-0.2, 0) is 9.53 Å². The van der Waals surface area contributed by atoms with Crippen LogP contribution in [0.4, 0.5) is 0 Å². The zero-order valence-electron chi connectivity index (χ0n) is 11.2. The van der Waals surface area contributed by atoms with Crippen LogP contribution in [0.15, 0.2) is 0 Å². The van der Waals surface area contributed by atoms with Crippen LogP contribution in [0.3, 0.4) is 0 Å². The van der Waals surface area contributed by atoms with Gasteiger partial charge in [-0.1, -0.05) is 20.8 Å². The summed E-state index contributed by atoms with van der Waals surface area (Å²) in [7, 11) is 0. The largest absolute Gasteiger partial charge is 0.396 e. The van der Waals surface area contributed by atoms with Crippen LogP contribution in [0.2, 0.25) is 0 Å². The number of hydrogen-bond donors (Lipinski definition) is 2. The van der Waals surface area contributed by atoms with E-state index in [9.17, 15) is 4.79 Å². The number of hydrogen-bond acceptors (Lipinski definition) is 3. The third-order valence-electron chi connectivity index (χ3n) is 3.48. The Balaban J connectivity index is 2.39. The summed E-state index contributed by atoms with van der Waals surface area (Å²) in [5.74, 6) is 0.102. The van der Waals surface area contributed by atoms with Gasteiger partial charge in [-0.3, -0.25) is 4.79 Å². The Morgan fingerprint density at radius 3 is 2.82 bits per heavy atom. The zero-order chi connectivity index (χ0) is 12.9. The molecular formula is C13H25NO3. The Bertz CT molecular complexity index is 253. The van der Waals surface area contributed by atoms with Gasteiger partial charge in [0.1, 0.15) is 0 Å². The van der Waals surface area contributed by atoms with Gasteiger partial charge in [0.2, 0.25) is 5.91 Å². The van der Waals surface area contributed by atoms with Crippen molar-refractivity contribution in [3.63, 3.8) is 0 Å². The highest BCUT2D eigenvalue weighted by Crippen LogP contribution is 2.24. The first kappa shape index (κ1) is 14.5. The number of rotatable bonds is 6. The molecule has 0 saturated carbocycles. The van der Waals surface area contributed by atoms with Gasteiger partial charge in [-0.05, 0) is 24.7 Å². The highest BCUT2D eigenvalue weighted by atomic mass is 16.5. The zero-order valence-corrected chi connectivity index (χ0v) is 11.2. The van der Waals surface area contributed by atoms with E-state index in [1.54, 1.807) is 0 Å². The van der Waals surface area contributed by atoms with E-state index in [2.05, 4.69) is 5.32 Å². The molecule has 0 aromatic heterocycles. The summed E-state index contributed by atoms with van der Waals surface area (Å²) in [6, 6.07) is 0. The Labute approximate surface area is 104 Å². The van der Waals surface area contributed by atoms with Crippen molar-refractivity contribution in [2.24, 2.45) is 11.3 Å². The number of nitrogens with one attached hydrogen (secondary N) is 1. The maximum atomic E-state index is 12.0. The van der Waals surface area contributed by atoms with Crippen molar-refractivity contribution in [3.05, 3.63) is 0 Å². The van der Waals surface area contributed by atoms with Crippen molar-refractivity contribution < 1.29 is 14.6 Å². The number of aliphatic hydroxyl groups is 1. The molecule has 4 nitrogen and oxygen atoms in total. The summed E-state index contributed by atoms with van der Waals surface area (Å²) in [6.45, 7) is 7.60. The van der Waals surface area contributed by atoms with Crippen LogP contribution >= 0.6 is 0 Å². The van der Waals surface area contributed by atoms with Crippen LogP contribution in [0.1, 0.15) is 40.0 Å². The maximum absolute atomic E-state index is 12.0. The fourth-order valence-corrected chi connectivity index (χ4v) is 2.20. The molecule has 0 spiro atoms. The molecule has 1 aliphatic rings. The minimum absolute atomic E-state index is 0.00456. The van der Waals surface area contributed by atoms with Crippen molar-refractivity contribution in [2.45, 2.75) is 46.1 Å².